The average molecular weight is 249 g/mol. The molecule has 0 heterocycles. The van der Waals surface area contributed by atoms with Crippen LogP contribution in [-0.4, -0.2) is 19.2 Å². The number of carbonyl (C=O) groups excluding carboxylic acids is 1. The second-order valence-corrected chi connectivity index (χ2v) is 3.59. The van der Waals surface area contributed by atoms with Gasteiger partial charge in [0.05, 0.1) is 19.4 Å². The predicted octanol–water partition coefficient (Wildman–Crippen LogP) is 2.93. The van der Waals surface area contributed by atoms with E-state index in [1.165, 1.54) is 6.20 Å². The molecule has 0 amide bonds. The fourth-order valence-corrected chi connectivity index (χ4v) is 1.26. The molecule has 1 aromatic carbocycles. The summed E-state index contributed by atoms with van der Waals surface area (Å²) >= 11 is 0. The zero-order valence-electron chi connectivity index (χ0n) is 10.8. The molecule has 98 valence electrons. The van der Waals surface area contributed by atoms with E-state index in [2.05, 4.69) is 5.32 Å². The number of nitrogens with one attached hydrogen (secondary N) is 1. The molecular formula is C14H19NO3. The molecule has 1 rings (SSSR count). The van der Waals surface area contributed by atoms with Crippen LogP contribution in [0.4, 0.5) is 5.69 Å². The third kappa shape index (κ3) is 4.91. The molecule has 4 nitrogen and oxygen atoms in total. The third-order valence-corrected chi connectivity index (χ3v) is 2.08. The van der Waals surface area contributed by atoms with Crippen molar-refractivity contribution < 1.29 is 14.3 Å². The largest absolute Gasteiger partial charge is 0.486 e. The Morgan fingerprint density at radius 2 is 1.94 bits per heavy atom. The number of anilines is 1. The van der Waals surface area contributed by atoms with E-state index in [-0.39, 0.29) is 5.76 Å². The zero-order chi connectivity index (χ0) is 13.2. The van der Waals surface area contributed by atoms with Crippen molar-refractivity contribution >= 4 is 11.7 Å². The van der Waals surface area contributed by atoms with Crippen LogP contribution in [0.2, 0.25) is 0 Å². The number of esters is 1. The number of hydrogen-bond acceptors (Lipinski definition) is 4. The van der Waals surface area contributed by atoms with E-state index >= 15 is 0 Å². The summed E-state index contributed by atoms with van der Waals surface area (Å²) in [4.78, 5) is 11.6. The van der Waals surface area contributed by atoms with Gasteiger partial charge in [-0.3, -0.25) is 0 Å². The summed E-state index contributed by atoms with van der Waals surface area (Å²) in [5.74, 6) is -0.253. The number of ether oxygens (including phenoxy) is 2. The van der Waals surface area contributed by atoms with Gasteiger partial charge in [-0.1, -0.05) is 25.1 Å². The van der Waals surface area contributed by atoms with E-state index in [0.29, 0.717) is 13.2 Å². The first-order valence-electron chi connectivity index (χ1n) is 6.09. The molecule has 0 unspecified atom stereocenters. The first kappa shape index (κ1) is 14.1. The lowest BCUT2D eigenvalue weighted by atomic mass is 10.3. The van der Waals surface area contributed by atoms with Crippen molar-refractivity contribution in [3.63, 3.8) is 0 Å². The van der Waals surface area contributed by atoms with Crippen molar-refractivity contribution in [3.05, 3.63) is 42.3 Å². The molecule has 0 radical (unpaired) electrons. The van der Waals surface area contributed by atoms with Crippen molar-refractivity contribution in [2.45, 2.75) is 20.3 Å². The minimum absolute atomic E-state index is 0.197. The molecule has 0 aromatic heterocycles. The van der Waals surface area contributed by atoms with E-state index < -0.39 is 5.97 Å². The van der Waals surface area contributed by atoms with Crippen molar-refractivity contribution in [3.8, 4) is 0 Å². The highest BCUT2D eigenvalue weighted by atomic mass is 16.6. The lowest BCUT2D eigenvalue weighted by Gasteiger charge is -2.09. The van der Waals surface area contributed by atoms with Gasteiger partial charge in [0.1, 0.15) is 0 Å². The van der Waals surface area contributed by atoms with Crippen LogP contribution in [0, 0.1) is 0 Å². The summed E-state index contributed by atoms with van der Waals surface area (Å²) in [5.41, 5.74) is 0.888. The molecule has 18 heavy (non-hydrogen) atoms. The Hall–Kier alpha value is -1.97. The van der Waals surface area contributed by atoms with Crippen LogP contribution in [0.5, 0.6) is 0 Å². The standard InChI is InChI=1S/C14H19NO3/c1-3-10-18-13(14(16)17-4-2)11-15-12-8-6-5-7-9-12/h5-9,11,15H,3-4,10H2,1-2H3. The molecule has 1 aromatic rings. The highest BCUT2D eigenvalue weighted by Crippen LogP contribution is 2.08. The van der Waals surface area contributed by atoms with Gasteiger partial charge in [0, 0.05) is 5.69 Å². The molecule has 0 bridgehead atoms. The highest BCUT2D eigenvalue weighted by molar-refractivity contribution is 5.86. The summed E-state index contributed by atoms with van der Waals surface area (Å²) in [7, 11) is 0. The van der Waals surface area contributed by atoms with Crippen LogP contribution in [-0.2, 0) is 14.3 Å². The molecule has 4 heteroatoms. The molecule has 0 aliphatic carbocycles. The molecule has 0 aliphatic heterocycles. The molecule has 0 saturated carbocycles. The van der Waals surface area contributed by atoms with Crippen LogP contribution >= 0.6 is 0 Å². The Balaban J connectivity index is 2.66. The molecular weight excluding hydrogens is 230 g/mol. The van der Waals surface area contributed by atoms with Gasteiger partial charge in [-0.25, -0.2) is 4.79 Å². The van der Waals surface area contributed by atoms with E-state index in [0.717, 1.165) is 12.1 Å². The van der Waals surface area contributed by atoms with Crippen LogP contribution in [0.15, 0.2) is 42.3 Å². The molecule has 0 fully saturated rings. The van der Waals surface area contributed by atoms with Crippen molar-refractivity contribution in [2.24, 2.45) is 0 Å². The Morgan fingerprint density at radius 3 is 2.56 bits per heavy atom. The summed E-state index contributed by atoms with van der Waals surface area (Å²) in [6, 6.07) is 9.55. The maximum atomic E-state index is 11.6. The van der Waals surface area contributed by atoms with Gasteiger partial charge < -0.3 is 14.8 Å². The van der Waals surface area contributed by atoms with Crippen LogP contribution in [0.3, 0.4) is 0 Å². The maximum absolute atomic E-state index is 11.6. The van der Waals surface area contributed by atoms with Crippen LogP contribution in [0.1, 0.15) is 20.3 Å². The lowest BCUT2D eigenvalue weighted by Crippen LogP contribution is -2.12. The molecule has 0 aliphatic rings. The van der Waals surface area contributed by atoms with Gasteiger partial charge in [-0.2, -0.15) is 0 Å². The van der Waals surface area contributed by atoms with E-state index in [1.807, 2.05) is 37.3 Å². The number of carbonyl (C=O) groups is 1. The summed E-state index contributed by atoms with van der Waals surface area (Å²) in [6.45, 7) is 4.56. The van der Waals surface area contributed by atoms with Crippen LogP contribution < -0.4 is 5.32 Å². The van der Waals surface area contributed by atoms with Crippen molar-refractivity contribution in [2.75, 3.05) is 18.5 Å². The van der Waals surface area contributed by atoms with Gasteiger partial charge in [0.25, 0.3) is 0 Å². The quantitative estimate of drug-likeness (QED) is 0.458. The molecule has 0 atom stereocenters. The molecule has 0 spiro atoms. The molecule has 0 saturated heterocycles. The first-order valence-corrected chi connectivity index (χ1v) is 6.09. The van der Waals surface area contributed by atoms with Gasteiger partial charge in [-0.05, 0) is 25.5 Å². The minimum atomic E-state index is -0.450. The van der Waals surface area contributed by atoms with Gasteiger partial charge in [0.15, 0.2) is 0 Å². The summed E-state index contributed by atoms with van der Waals surface area (Å²) < 4.78 is 10.3. The molecule has 1 N–H and O–H groups in total. The van der Waals surface area contributed by atoms with Crippen molar-refractivity contribution in [1.82, 2.24) is 0 Å². The minimum Gasteiger partial charge on any atom is -0.486 e. The monoisotopic (exact) mass is 249 g/mol. The predicted molar refractivity (Wildman–Crippen MR) is 71.0 cm³/mol. The van der Waals surface area contributed by atoms with E-state index in [4.69, 9.17) is 9.47 Å². The van der Waals surface area contributed by atoms with Gasteiger partial charge in [0.2, 0.25) is 5.76 Å². The van der Waals surface area contributed by atoms with Gasteiger partial charge in [-0.15, -0.1) is 0 Å². The normalized spacial score (nSPS) is 10.9. The smallest absolute Gasteiger partial charge is 0.375 e. The Bertz CT molecular complexity index is 387. The fourth-order valence-electron chi connectivity index (χ4n) is 1.26. The van der Waals surface area contributed by atoms with E-state index in [9.17, 15) is 4.79 Å². The summed E-state index contributed by atoms with van der Waals surface area (Å²) in [5, 5.41) is 3.01. The fraction of sp³-hybridized carbons (Fsp3) is 0.357. The summed E-state index contributed by atoms with van der Waals surface area (Å²) in [6.07, 6.45) is 2.37. The Kier molecular flexibility index (Phi) is 6.40. The number of rotatable bonds is 7. The SMILES string of the molecule is CCCOC(=CNc1ccccc1)C(=O)OCC. The first-order chi connectivity index (χ1) is 8.77. The zero-order valence-corrected chi connectivity index (χ0v) is 10.8. The lowest BCUT2D eigenvalue weighted by molar-refractivity contribution is -0.142. The number of para-hydroxylation sites is 1. The van der Waals surface area contributed by atoms with Crippen molar-refractivity contribution in [1.29, 1.82) is 0 Å². The second-order valence-electron chi connectivity index (χ2n) is 3.59. The average Bonchev–Trinajstić information content (AvgIpc) is 2.40. The van der Waals surface area contributed by atoms with E-state index in [1.54, 1.807) is 6.92 Å². The number of hydrogen-bond donors (Lipinski definition) is 1. The highest BCUT2D eigenvalue weighted by Gasteiger charge is 2.11. The van der Waals surface area contributed by atoms with Gasteiger partial charge >= 0.3 is 5.97 Å². The Labute approximate surface area is 108 Å². The topological polar surface area (TPSA) is 47.6 Å². The van der Waals surface area contributed by atoms with Crippen LogP contribution in [0.25, 0.3) is 0 Å². The number of benzene rings is 1. The second kappa shape index (κ2) is 8.17. The third-order valence-electron chi connectivity index (χ3n) is 2.08. The Morgan fingerprint density at radius 1 is 1.22 bits per heavy atom. The maximum Gasteiger partial charge on any atom is 0.375 e.